The summed E-state index contributed by atoms with van der Waals surface area (Å²) in [7, 11) is 0. The summed E-state index contributed by atoms with van der Waals surface area (Å²) >= 11 is 0. The van der Waals surface area contributed by atoms with Crippen LogP contribution in [-0.2, 0) is 16.0 Å². The van der Waals surface area contributed by atoms with Crippen LogP contribution >= 0.6 is 0 Å². The normalized spacial score (nSPS) is 15.5. The maximum atomic E-state index is 12.2. The molecule has 2 N–H and O–H groups in total. The summed E-state index contributed by atoms with van der Waals surface area (Å²) in [4.78, 5) is 25.0. The Kier molecular flexibility index (Phi) is 4.94. The fourth-order valence-electron chi connectivity index (χ4n) is 2.65. The number of piperidine rings is 1. The van der Waals surface area contributed by atoms with Crippen molar-refractivity contribution in [2.45, 2.75) is 25.7 Å². The second kappa shape index (κ2) is 6.89. The standard InChI is InChI=1S/C16H19N3O2/c17-11-14-3-1-12(2-4-14)10-16(21)19-7-5-13(6-8-19)9-15(18)20/h1-4,13H,5-10H2,(H2,18,20). The van der Waals surface area contributed by atoms with Gasteiger partial charge in [-0.1, -0.05) is 12.1 Å². The molecule has 2 rings (SSSR count). The van der Waals surface area contributed by atoms with Crippen LogP contribution in [0.5, 0.6) is 0 Å². The Labute approximate surface area is 124 Å². The van der Waals surface area contributed by atoms with Crippen LogP contribution in [0.4, 0.5) is 0 Å². The van der Waals surface area contributed by atoms with Gasteiger partial charge in [0.05, 0.1) is 18.1 Å². The second-order valence-corrected chi connectivity index (χ2v) is 5.48. The van der Waals surface area contributed by atoms with Gasteiger partial charge in [-0.15, -0.1) is 0 Å². The largest absolute Gasteiger partial charge is 0.370 e. The summed E-state index contributed by atoms with van der Waals surface area (Å²) in [5, 5.41) is 8.74. The zero-order valence-corrected chi connectivity index (χ0v) is 11.9. The van der Waals surface area contributed by atoms with Gasteiger partial charge in [-0.25, -0.2) is 0 Å². The summed E-state index contributed by atoms with van der Waals surface area (Å²) in [6.07, 6.45) is 2.44. The molecule has 0 unspecified atom stereocenters. The van der Waals surface area contributed by atoms with Gasteiger partial charge >= 0.3 is 0 Å². The highest BCUT2D eigenvalue weighted by Crippen LogP contribution is 2.20. The van der Waals surface area contributed by atoms with Crippen molar-refractivity contribution in [1.82, 2.24) is 4.90 Å². The van der Waals surface area contributed by atoms with E-state index < -0.39 is 0 Å². The number of rotatable bonds is 4. The molecule has 1 aromatic rings. The van der Waals surface area contributed by atoms with Crippen molar-refractivity contribution in [3.05, 3.63) is 35.4 Å². The van der Waals surface area contributed by atoms with Crippen LogP contribution in [0.25, 0.3) is 0 Å². The minimum absolute atomic E-state index is 0.0947. The summed E-state index contributed by atoms with van der Waals surface area (Å²) in [5.41, 5.74) is 6.71. The molecule has 0 atom stereocenters. The molecule has 110 valence electrons. The molecular formula is C16H19N3O2. The zero-order valence-electron chi connectivity index (χ0n) is 11.9. The van der Waals surface area contributed by atoms with Gasteiger partial charge in [0.2, 0.25) is 11.8 Å². The van der Waals surface area contributed by atoms with Crippen LogP contribution in [0.2, 0.25) is 0 Å². The fraction of sp³-hybridized carbons (Fsp3) is 0.438. The van der Waals surface area contributed by atoms with Crippen molar-refractivity contribution in [2.24, 2.45) is 11.7 Å². The van der Waals surface area contributed by atoms with Crippen LogP contribution in [-0.4, -0.2) is 29.8 Å². The van der Waals surface area contributed by atoms with Crippen LogP contribution in [0, 0.1) is 17.2 Å². The molecule has 0 saturated carbocycles. The average molecular weight is 285 g/mol. The lowest BCUT2D eigenvalue weighted by Gasteiger charge is -2.31. The highest BCUT2D eigenvalue weighted by atomic mass is 16.2. The van der Waals surface area contributed by atoms with Gasteiger partial charge in [0.25, 0.3) is 0 Å². The molecule has 0 aromatic heterocycles. The number of amides is 2. The van der Waals surface area contributed by atoms with E-state index in [0.29, 0.717) is 37.4 Å². The minimum atomic E-state index is -0.266. The van der Waals surface area contributed by atoms with Gasteiger partial charge < -0.3 is 10.6 Å². The molecule has 1 aliphatic rings. The highest BCUT2D eigenvalue weighted by Gasteiger charge is 2.23. The zero-order chi connectivity index (χ0) is 15.2. The Morgan fingerprint density at radius 3 is 2.38 bits per heavy atom. The number of carbonyl (C=O) groups is 2. The number of hydrogen-bond donors (Lipinski definition) is 1. The number of benzene rings is 1. The summed E-state index contributed by atoms with van der Waals surface area (Å²) in [6.45, 7) is 1.38. The molecule has 1 saturated heterocycles. The average Bonchev–Trinajstić information content (AvgIpc) is 2.48. The third kappa shape index (κ3) is 4.32. The van der Waals surface area contributed by atoms with Crippen LogP contribution in [0.1, 0.15) is 30.4 Å². The van der Waals surface area contributed by atoms with E-state index in [1.165, 1.54) is 0 Å². The highest BCUT2D eigenvalue weighted by molar-refractivity contribution is 5.79. The van der Waals surface area contributed by atoms with Gasteiger partial charge in [-0.05, 0) is 36.5 Å². The number of nitriles is 1. The van der Waals surface area contributed by atoms with Crippen molar-refractivity contribution in [3.63, 3.8) is 0 Å². The summed E-state index contributed by atoms with van der Waals surface area (Å²) < 4.78 is 0. The van der Waals surface area contributed by atoms with E-state index in [4.69, 9.17) is 11.0 Å². The Balaban J connectivity index is 1.84. The van der Waals surface area contributed by atoms with Crippen LogP contribution < -0.4 is 5.73 Å². The second-order valence-electron chi connectivity index (χ2n) is 5.48. The first-order valence-electron chi connectivity index (χ1n) is 7.13. The quantitative estimate of drug-likeness (QED) is 0.902. The molecular weight excluding hydrogens is 266 g/mol. The minimum Gasteiger partial charge on any atom is -0.370 e. The predicted octanol–water partition coefficient (Wildman–Crippen LogP) is 1.21. The molecule has 0 radical (unpaired) electrons. The van der Waals surface area contributed by atoms with E-state index in [2.05, 4.69) is 6.07 Å². The Morgan fingerprint density at radius 2 is 1.86 bits per heavy atom. The van der Waals surface area contributed by atoms with E-state index in [9.17, 15) is 9.59 Å². The summed E-state index contributed by atoms with van der Waals surface area (Å²) in [5.74, 6) is 0.135. The van der Waals surface area contributed by atoms with E-state index in [0.717, 1.165) is 18.4 Å². The maximum absolute atomic E-state index is 12.2. The predicted molar refractivity (Wildman–Crippen MR) is 78.0 cm³/mol. The van der Waals surface area contributed by atoms with Gasteiger partial charge in [0.1, 0.15) is 0 Å². The lowest BCUT2D eigenvalue weighted by molar-refractivity contribution is -0.131. The van der Waals surface area contributed by atoms with E-state index >= 15 is 0 Å². The van der Waals surface area contributed by atoms with Crippen LogP contribution in [0.15, 0.2) is 24.3 Å². The molecule has 0 spiro atoms. The molecule has 1 heterocycles. The molecule has 21 heavy (non-hydrogen) atoms. The van der Waals surface area contributed by atoms with E-state index in [1.54, 1.807) is 12.1 Å². The third-order valence-corrected chi connectivity index (χ3v) is 3.90. The number of primary amides is 1. The number of hydrogen-bond acceptors (Lipinski definition) is 3. The number of likely N-dealkylation sites (tertiary alicyclic amines) is 1. The van der Waals surface area contributed by atoms with Gasteiger partial charge in [0, 0.05) is 19.5 Å². The Morgan fingerprint density at radius 1 is 1.24 bits per heavy atom. The van der Waals surface area contributed by atoms with E-state index in [1.807, 2.05) is 17.0 Å². The maximum Gasteiger partial charge on any atom is 0.226 e. The van der Waals surface area contributed by atoms with Crippen molar-refractivity contribution in [3.8, 4) is 6.07 Å². The number of carbonyl (C=O) groups excluding carboxylic acids is 2. The van der Waals surface area contributed by atoms with Gasteiger partial charge in [0.15, 0.2) is 0 Å². The van der Waals surface area contributed by atoms with Gasteiger partial charge in [-0.3, -0.25) is 9.59 Å². The Bertz CT molecular complexity index is 552. The van der Waals surface area contributed by atoms with Gasteiger partial charge in [-0.2, -0.15) is 5.26 Å². The molecule has 1 aromatic carbocycles. The molecule has 2 amide bonds. The van der Waals surface area contributed by atoms with Crippen molar-refractivity contribution >= 4 is 11.8 Å². The molecule has 1 fully saturated rings. The number of nitrogens with zero attached hydrogens (tertiary/aromatic N) is 2. The van der Waals surface area contributed by atoms with Crippen molar-refractivity contribution in [2.75, 3.05) is 13.1 Å². The van der Waals surface area contributed by atoms with Crippen LogP contribution in [0.3, 0.4) is 0 Å². The first kappa shape index (κ1) is 15.0. The van der Waals surface area contributed by atoms with Crippen molar-refractivity contribution < 1.29 is 9.59 Å². The smallest absolute Gasteiger partial charge is 0.226 e. The molecule has 5 nitrogen and oxygen atoms in total. The molecule has 1 aliphatic heterocycles. The lowest BCUT2D eigenvalue weighted by Crippen LogP contribution is -2.40. The first-order chi connectivity index (χ1) is 10.1. The topological polar surface area (TPSA) is 87.2 Å². The third-order valence-electron chi connectivity index (χ3n) is 3.90. The monoisotopic (exact) mass is 285 g/mol. The molecule has 0 bridgehead atoms. The Hall–Kier alpha value is -2.35. The lowest BCUT2D eigenvalue weighted by atomic mass is 9.93. The molecule has 5 heteroatoms. The number of nitrogens with two attached hydrogens (primary N) is 1. The van der Waals surface area contributed by atoms with Crippen molar-refractivity contribution in [1.29, 1.82) is 5.26 Å². The van der Waals surface area contributed by atoms with E-state index in [-0.39, 0.29) is 11.8 Å². The SMILES string of the molecule is N#Cc1ccc(CC(=O)N2CCC(CC(N)=O)CC2)cc1. The fourth-order valence-corrected chi connectivity index (χ4v) is 2.65. The molecule has 0 aliphatic carbocycles. The summed E-state index contributed by atoms with van der Waals surface area (Å²) in [6, 6.07) is 9.14. The first-order valence-corrected chi connectivity index (χ1v) is 7.13.